The van der Waals surface area contributed by atoms with E-state index in [4.69, 9.17) is 48.9 Å². The van der Waals surface area contributed by atoms with Crippen LogP contribution >= 0.6 is 150 Å². The lowest BCUT2D eigenvalue weighted by Crippen LogP contribution is -2.26. The van der Waals surface area contributed by atoms with Crippen LogP contribution in [0, 0.1) is 0 Å². The molecule has 5 atom stereocenters. The monoisotopic (exact) mass is 1850 g/mol. The zero-order valence-corrected chi connectivity index (χ0v) is 70.7. The molecular weight excluding hydrogens is 1780 g/mol. The lowest BCUT2D eigenvalue weighted by atomic mass is 9.94. The second-order valence-corrected chi connectivity index (χ2v) is 33.5. The fraction of sp³-hybridized carbons (Fsp3) is 0.221. The number of rotatable bonds is 13. The number of thiophene rings is 5. The Kier molecular flexibility index (Phi) is 32.0. The molecule has 0 aliphatic carbocycles. The van der Waals surface area contributed by atoms with Gasteiger partial charge in [-0.05, 0) is 174 Å². The molecule has 548 valence electrons. The standard InChI is InChI=1S/C17H17N3OS.C15H15N3OS.C14H12BrN3S.2C8H10BrN.2C6H3ClN2S.C3H5IO/c1-11(12-3-2-4-13(7-12)14-8-21-9-14)20-16-15-5-6-22-17(15)19-10-18-16;1-10(11-3-5-12(19-2)6-4-11)18-14-13-7-8-20-15(13)17-9-16-14;1-9(10-3-2-4-11(15)7-10)18-13-12-5-6-19-14(12)17-8-16-13;2*1-6(10)7-3-2-4-8(9)5-7;2*7-5-4-1-2-10-6(4)9-3-8-5;4-3-1-5-2-3/h2-7,10-11,14H,8-9H2,1H3,(H,18,19,20);3-10H,1-2H3,(H,16,17,18);2-9H,1H3,(H,16,17,18);2*2-6H,10H2,1H3;2*1-3H;3H,1-2H2. The maximum absolute atomic E-state index is 5.75. The lowest BCUT2D eigenvalue weighted by molar-refractivity contribution is 0.00839. The molecule has 0 spiro atoms. The van der Waals surface area contributed by atoms with E-state index in [1.807, 2.05) is 132 Å². The average molecular weight is 1860 g/mol. The van der Waals surface area contributed by atoms with E-state index in [1.165, 1.54) is 34.9 Å². The Morgan fingerprint density at radius 2 is 0.736 bits per heavy atom. The van der Waals surface area contributed by atoms with E-state index < -0.39 is 0 Å². The van der Waals surface area contributed by atoms with E-state index in [2.05, 4.69) is 218 Å². The van der Waals surface area contributed by atoms with E-state index in [-0.39, 0.29) is 30.2 Å². The molecule has 2 fully saturated rings. The summed E-state index contributed by atoms with van der Waals surface area (Å²) in [6, 6.07) is 51.9. The smallest absolute Gasteiger partial charge is 0.141 e. The van der Waals surface area contributed by atoms with Gasteiger partial charge >= 0.3 is 0 Å². The number of alkyl halides is 1. The van der Waals surface area contributed by atoms with Gasteiger partial charge in [0, 0.05) is 54.3 Å². The Balaban J connectivity index is 0.000000134. The van der Waals surface area contributed by atoms with Crippen molar-refractivity contribution in [2.45, 2.75) is 74.7 Å². The minimum absolute atomic E-state index is 0.123. The Hall–Kier alpha value is -6.91. The third-order valence-electron chi connectivity index (χ3n) is 16.1. The zero-order chi connectivity index (χ0) is 74.9. The van der Waals surface area contributed by atoms with Crippen LogP contribution in [0.5, 0.6) is 5.75 Å². The zero-order valence-electron chi connectivity index (χ0n) is 58.2. The molecule has 2 aliphatic heterocycles. The average Bonchev–Trinajstić information content (AvgIpc) is 1.75. The number of nitrogens with two attached hydrogens (primary N) is 2. The quantitative estimate of drug-likeness (QED) is 0.0409. The van der Waals surface area contributed by atoms with E-state index >= 15 is 0 Å². The van der Waals surface area contributed by atoms with Crippen molar-refractivity contribution >= 4 is 219 Å². The summed E-state index contributed by atoms with van der Waals surface area (Å²) in [5, 5.41) is 26.6. The van der Waals surface area contributed by atoms with Gasteiger partial charge < -0.3 is 41.6 Å². The van der Waals surface area contributed by atoms with Gasteiger partial charge in [0.2, 0.25) is 0 Å². The van der Waals surface area contributed by atoms with Crippen LogP contribution in [-0.4, -0.2) is 87.3 Å². The van der Waals surface area contributed by atoms with Crippen LogP contribution in [0.3, 0.4) is 0 Å². The Morgan fingerprint density at radius 3 is 1.06 bits per heavy atom. The van der Waals surface area contributed by atoms with Crippen molar-refractivity contribution in [2.24, 2.45) is 11.5 Å². The number of methoxy groups -OCH3 is 1. The molecule has 29 heteroatoms. The molecule has 2 aliphatic rings. The Labute approximate surface area is 684 Å². The molecule has 0 bridgehead atoms. The van der Waals surface area contributed by atoms with Gasteiger partial charge in [-0.25, -0.2) is 49.8 Å². The number of ether oxygens (including phenoxy) is 3. The van der Waals surface area contributed by atoms with E-state index in [9.17, 15) is 0 Å². The van der Waals surface area contributed by atoms with Gasteiger partial charge in [-0.2, -0.15) is 0 Å². The van der Waals surface area contributed by atoms with Crippen molar-refractivity contribution in [3.8, 4) is 5.75 Å². The second-order valence-electron chi connectivity index (χ2n) is 23.8. The maximum atomic E-state index is 5.75. The number of nitrogens with one attached hydrogen (secondary N) is 3. The van der Waals surface area contributed by atoms with Gasteiger partial charge in [-0.3, -0.25) is 0 Å². The van der Waals surface area contributed by atoms with Crippen LogP contribution in [0.4, 0.5) is 17.5 Å². The molecule has 15 aromatic rings. The van der Waals surface area contributed by atoms with Crippen LogP contribution in [0.25, 0.3) is 51.1 Å². The second kappa shape index (κ2) is 41.6. The molecule has 10 aromatic heterocycles. The molecular formula is C77H75Br3Cl2IN15O3S5. The van der Waals surface area contributed by atoms with Crippen molar-refractivity contribution in [2.75, 3.05) is 49.5 Å². The van der Waals surface area contributed by atoms with Crippen molar-refractivity contribution < 1.29 is 14.2 Å². The number of anilines is 3. The van der Waals surface area contributed by atoms with Gasteiger partial charge in [0.1, 0.15) is 89.3 Å². The predicted octanol–water partition coefficient (Wildman–Crippen LogP) is 22.9. The molecule has 2 saturated heterocycles. The third kappa shape index (κ3) is 24.0. The van der Waals surface area contributed by atoms with E-state index in [0.29, 0.717) is 16.2 Å². The molecule has 0 amide bonds. The molecule has 5 aromatic carbocycles. The summed E-state index contributed by atoms with van der Waals surface area (Å²) < 4.78 is 19.4. The van der Waals surface area contributed by atoms with Crippen molar-refractivity contribution in [3.05, 3.63) is 267 Å². The number of hydrogen-bond donors (Lipinski definition) is 5. The lowest BCUT2D eigenvalue weighted by Gasteiger charge is -2.27. The van der Waals surface area contributed by atoms with Crippen LogP contribution < -0.4 is 32.2 Å². The molecule has 0 saturated carbocycles. The number of hydrogen-bond acceptors (Lipinski definition) is 23. The topological polar surface area (TPSA) is 245 Å². The summed E-state index contributed by atoms with van der Waals surface area (Å²) in [6.07, 6.45) is 7.77. The van der Waals surface area contributed by atoms with Crippen molar-refractivity contribution in [1.82, 2.24) is 49.8 Å². The maximum Gasteiger partial charge on any atom is 0.141 e. The number of aromatic nitrogens is 10. The van der Waals surface area contributed by atoms with Crippen molar-refractivity contribution in [1.29, 1.82) is 0 Å². The molecule has 5 unspecified atom stereocenters. The highest BCUT2D eigenvalue weighted by Crippen LogP contribution is 2.33. The molecule has 7 N–H and O–H groups in total. The third-order valence-corrected chi connectivity index (χ3v) is 23.0. The first-order valence-electron chi connectivity index (χ1n) is 33.2. The normalized spacial score (nSPS) is 13.6. The van der Waals surface area contributed by atoms with Gasteiger partial charge in [-0.1, -0.05) is 166 Å². The van der Waals surface area contributed by atoms with Crippen LogP contribution in [-0.2, 0) is 9.47 Å². The first-order chi connectivity index (χ1) is 51.4. The first-order valence-corrected chi connectivity index (χ1v) is 42.0. The summed E-state index contributed by atoms with van der Waals surface area (Å²) >= 11 is 32.1. The summed E-state index contributed by atoms with van der Waals surface area (Å²) in [4.78, 5) is 46.5. The number of fused-ring (bicyclic) bond motifs is 5. The largest absolute Gasteiger partial charge is 0.497 e. The van der Waals surface area contributed by atoms with Crippen LogP contribution in [0.15, 0.2) is 224 Å². The summed E-state index contributed by atoms with van der Waals surface area (Å²) in [7, 11) is 1.67. The van der Waals surface area contributed by atoms with Gasteiger partial charge in [-0.15, -0.1) is 56.7 Å². The molecule has 12 heterocycles. The summed E-state index contributed by atoms with van der Waals surface area (Å²) in [5.41, 5.74) is 18.7. The molecule has 17 rings (SSSR count). The highest BCUT2D eigenvalue weighted by Gasteiger charge is 2.22. The highest BCUT2D eigenvalue weighted by molar-refractivity contribution is 14.1. The minimum atomic E-state index is 0.123. The molecule has 106 heavy (non-hydrogen) atoms. The van der Waals surface area contributed by atoms with Crippen LogP contribution in [0.2, 0.25) is 10.3 Å². The van der Waals surface area contributed by atoms with Crippen molar-refractivity contribution in [3.63, 3.8) is 0 Å². The summed E-state index contributed by atoms with van der Waals surface area (Å²) in [5.74, 6) is 4.08. The van der Waals surface area contributed by atoms with Crippen LogP contribution in [0.1, 0.15) is 104 Å². The Bertz CT molecular complexity index is 5090. The Morgan fingerprint density at radius 1 is 0.415 bits per heavy atom. The minimum Gasteiger partial charge on any atom is -0.497 e. The first kappa shape index (κ1) is 81.6. The van der Waals surface area contributed by atoms with E-state index in [0.717, 1.165) is 129 Å². The summed E-state index contributed by atoms with van der Waals surface area (Å²) in [6.45, 7) is 14.0. The van der Waals surface area contributed by atoms with E-state index in [1.54, 1.807) is 82.8 Å². The number of nitrogens with zero attached hydrogens (tertiary/aromatic N) is 10. The number of benzene rings is 5. The fourth-order valence-electron chi connectivity index (χ4n) is 10.1. The van der Waals surface area contributed by atoms with Gasteiger partial charge in [0.15, 0.2) is 0 Å². The highest BCUT2D eigenvalue weighted by atomic mass is 127. The number of halogens is 6. The SMILES string of the molecule is CC(N)c1cccc(Br)c1.CC(N)c1cccc(Br)c1.CC(Nc1ncnc2sccc12)c1cccc(Br)c1.CC(Nc1ncnc2sccc12)c1cccc(C2COC2)c1.COc1ccc(C(C)Nc2ncnc3sccc23)cc1.Clc1ncnc2sccc12.Clc1ncnc2sccc12.IC1COC1. The fourth-order valence-corrected chi connectivity index (χ4v) is 16.0. The molecule has 18 nitrogen and oxygen atoms in total. The van der Waals surface area contributed by atoms with Gasteiger partial charge in [0.05, 0.1) is 59.7 Å². The van der Waals surface area contributed by atoms with Gasteiger partial charge in [0.25, 0.3) is 0 Å². The predicted molar refractivity (Wildman–Crippen MR) is 462 cm³/mol. The molecule has 0 radical (unpaired) electrons.